The minimum absolute atomic E-state index is 0.0403. The summed E-state index contributed by atoms with van der Waals surface area (Å²) >= 11 is 3.79. The van der Waals surface area contributed by atoms with Crippen LogP contribution in [0.15, 0.2) is 18.2 Å². The lowest BCUT2D eigenvalue weighted by molar-refractivity contribution is -0.110. The topological polar surface area (TPSA) is 34.1 Å². The molecule has 138 valence electrons. The molecule has 0 N–H and O–H groups in total. The number of hydrogen-bond acceptors (Lipinski definition) is 4. The average molecular weight is 379 g/mol. The largest absolute Gasteiger partial charge is 0.303 e. The van der Waals surface area contributed by atoms with Crippen LogP contribution >= 0.6 is 23.5 Å². The van der Waals surface area contributed by atoms with Gasteiger partial charge in [-0.05, 0) is 74.3 Å². The first-order valence-corrected chi connectivity index (χ1v) is 12.0. The second-order valence-corrected chi connectivity index (χ2v) is 8.95. The van der Waals surface area contributed by atoms with Gasteiger partial charge in [0.1, 0.15) is 6.29 Å². The molecule has 4 heteroatoms. The van der Waals surface area contributed by atoms with Gasteiger partial charge in [-0.3, -0.25) is 4.79 Å². The first-order chi connectivity index (χ1) is 12.2. The zero-order valence-electron chi connectivity index (χ0n) is 15.5. The summed E-state index contributed by atoms with van der Waals surface area (Å²) in [4.78, 5) is 24.5. The van der Waals surface area contributed by atoms with E-state index in [4.69, 9.17) is 0 Å². The minimum atomic E-state index is -0.475. The highest BCUT2D eigenvalue weighted by molar-refractivity contribution is 7.99. The summed E-state index contributed by atoms with van der Waals surface area (Å²) in [5.41, 5.74) is 3.31. The van der Waals surface area contributed by atoms with Crippen molar-refractivity contribution in [3.05, 3.63) is 34.9 Å². The van der Waals surface area contributed by atoms with Gasteiger partial charge >= 0.3 is 0 Å². The highest BCUT2D eigenvalue weighted by atomic mass is 32.2. The van der Waals surface area contributed by atoms with Crippen molar-refractivity contribution >= 4 is 35.6 Å². The number of carbonyl (C=O) groups is 2. The van der Waals surface area contributed by atoms with Crippen LogP contribution in [0.3, 0.4) is 0 Å². The van der Waals surface area contributed by atoms with Crippen LogP contribution in [0.25, 0.3) is 0 Å². The monoisotopic (exact) mass is 378 g/mol. The molecule has 2 atom stereocenters. The maximum atomic E-state index is 12.9. The summed E-state index contributed by atoms with van der Waals surface area (Å²) < 4.78 is 0. The molecule has 2 nitrogen and oxygen atoms in total. The summed E-state index contributed by atoms with van der Waals surface area (Å²) in [6.07, 6.45) is 13.5. The molecule has 0 bridgehead atoms. The number of hydrogen-bond donors (Lipinski definition) is 0. The van der Waals surface area contributed by atoms with E-state index < -0.39 is 5.92 Å². The average Bonchev–Trinajstić information content (AvgIpc) is 2.66. The standard InChI is InChI=1S/C21H30O2S2/c1-24-14-13-18(25-2)10-5-9-17(15-22)21(23)20-12-6-8-16-7-3-4-11-19(16)20/h6,8,12,15,17-18H,3-5,7,9-11,13-14H2,1-2H3. The molecule has 0 aliphatic heterocycles. The van der Waals surface area contributed by atoms with Crippen LogP contribution in [0, 0.1) is 5.92 Å². The van der Waals surface area contributed by atoms with Crippen LogP contribution in [-0.2, 0) is 17.6 Å². The molecule has 1 aromatic rings. The van der Waals surface area contributed by atoms with Gasteiger partial charge in [0.15, 0.2) is 5.78 Å². The lowest BCUT2D eigenvalue weighted by atomic mass is 9.83. The van der Waals surface area contributed by atoms with E-state index in [1.54, 1.807) is 0 Å². The van der Waals surface area contributed by atoms with Crippen LogP contribution in [-0.4, -0.2) is 35.6 Å². The van der Waals surface area contributed by atoms with Crippen molar-refractivity contribution in [1.82, 2.24) is 0 Å². The summed E-state index contributed by atoms with van der Waals surface area (Å²) in [5.74, 6) is 0.743. The van der Waals surface area contributed by atoms with Gasteiger partial charge in [0.05, 0.1) is 5.92 Å². The van der Waals surface area contributed by atoms with E-state index in [-0.39, 0.29) is 5.78 Å². The van der Waals surface area contributed by atoms with Gasteiger partial charge in [-0.25, -0.2) is 0 Å². The van der Waals surface area contributed by atoms with Gasteiger partial charge < -0.3 is 4.79 Å². The van der Waals surface area contributed by atoms with Gasteiger partial charge in [-0.1, -0.05) is 24.6 Å². The van der Waals surface area contributed by atoms with Crippen LogP contribution in [0.5, 0.6) is 0 Å². The molecule has 0 heterocycles. The SMILES string of the molecule is CSCCC(CCCC(C=O)C(=O)c1cccc2c1CCCC2)SC. The Hall–Kier alpha value is -0.740. The maximum absolute atomic E-state index is 12.9. The molecule has 2 unspecified atom stereocenters. The fourth-order valence-corrected chi connectivity index (χ4v) is 5.09. The molecule has 0 aromatic heterocycles. The summed E-state index contributed by atoms with van der Waals surface area (Å²) in [7, 11) is 0. The van der Waals surface area contributed by atoms with Gasteiger partial charge in [0.2, 0.25) is 0 Å². The minimum Gasteiger partial charge on any atom is -0.303 e. The Bertz CT molecular complexity index is 571. The molecule has 0 fully saturated rings. The van der Waals surface area contributed by atoms with Gasteiger partial charge in [-0.2, -0.15) is 23.5 Å². The van der Waals surface area contributed by atoms with Crippen molar-refractivity contribution in [3.8, 4) is 0 Å². The molecule has 2 rings (SSSR count). The molecule has 1 aromatic carbocycles. The number of Topliss-reactive ketones (excluding diaryl/α,β-unsaturated/α-hetero) is 1. The third-order valence-corrected chi connectivity index (χ3v) is 6.96. The van der Waals surface area contributed by atoms with Gasteiger partial charge in [0.25, 0.3) is 0 Å². The van der Waals surface area contributed by atoms with Crippen molar-refractivity contribution in [2.45, 2.75) is 56.6 Å². The molecule has 0 amide bonds. The number of aldehydes is 1. The predicted molar refractivity (Wildman–Crippen MR) is 111 cm³/mol. The number of thioether (sulfide) groups is 2. The second kappa shape index (κ2) is 11.1. The molecule has 0 radical (unpaired) electrons. The van der Waals surface area contributed by atoms with Crippen LogP contribution in [0.2, 0.25) is 0 Å². The summed E-state index contributed by atoms with van der Waals surface area (Å²) in [5, 5.41) is 0.638. The Kier molecular flexibility index (Phi) is 9.11. The molecule has 1 aliphatic rings. The Morgan fingerprint density at radius 3 is 2.68 bits per heavy atom. The van der Waals surface area contributed by atoms with Gasteiger partial charge in [-0.15, -0.1) is 0 Å². The molecule has 0 spiro atoms. The van der Waals surface area contributed by atoms with E-state index in [9.17, 15) is 9.59 Å². The molecule has 0 saturated heterocycles. The maximum Gasteiger partial charge on any atom is 0.173 e. The lowest BCUT2D eigenvalue weighted by Crippen LogP contribution is -2.20. The highest BCUT2D eigenvalue weighted by Crippen LogP contribution is 2.27. The summed E-state index contributed by atoms with van der Waals surface area (Å²) in [6, 6.07) is 6.04. The number of carbonyl (C=O) groups excluding carboxylic acids is 2. The molecular weight excluding hydrogens is 348 g/mol. The Balaban J connectivity index is 1.96. The summed E-state index contributed by atoms with van der Waals surface area (Å²) in [6.45, 7) is 0. The number of fused-ring (bicyclic) bond motifs is 1. The van der Waals surface area contributed by atoms with Crippen LogP contribution in [0.1, 0.15) is 60.0 Å². The van der Waals surface area contributed by atoms with Crippen LogP contribution in [0.4, 0.5) is 0 Å². The van der Waals surface area contributed by atoms with Crippen molar-refractivity contribution in [2.24, 2.45) is 5.92 Å². The molecule has 1 aliphatic carbocycles. The Labute approximate surface area is 160 Å². The molecular formula is C21H30O2S2. The number of aryl methyl sites for hydroxylation is 1. The predicted octanol–water partition coefficient (Wildman–Crippen LogP) is 5.22. The molecule has 0 saturated carbocycles. The van der Waals surface area contributed by atoms with Crippen molar-refractivity contribution in [2.75, 3.05) is 18.3 Å². The first kappa shape index (κ1) is 20.6. The lowest BCUT2D eigenvalue weighted by Gasteiger charge is -2.20. The molecule has 25 heavy (non-hydrogen) atoms. The highest BCUT2D eigenvalue weighted by Gasteiger charge is 2.24. The van der Waals surface area contributed by atoms with E-state index in [1.807, 2.05) is 35.7 Å². The number of benzene rings is 1. The second-order valence-electron chi connectivity index (χ2n) is 6.83. The number of ketones is 1. The fourth-order valence-electron chi connectivity index (χ4n) is 3.67. The zero-order chi connectivity index (χ0) is 18.1. The third-order valence-electron chi connectivity index (χ3n) is 5.18. The van der Waals surface area contributed by atoms with Crippen molar-refractivity contribution in [1.29, 1.82) is 0 Å². The van der Waals surface area contributed by atoms with E-state index in [1.165, 1.54) is 29.7 Å². The quantitative estimate of drug-likeness (QED) is 0.300. The smallest absolute Gasteiger partial charge is 0.173 e. The first-order valence-electron chi connectivity index (χ1n) is 9.33. The Morgan fingerprint density at radius 2 is 1.96 bits per heavy atom. The van der Waals surface area contributed by atoms with Gasteiger partial charge in [0, 0.05) is 10.8 Å². The zero-order valence-corrected chi connectivity index (χ0v) is 17.1. The van der Waals surface area contributed by atoms with E-state index in [0.29, 0.717) is 11.7 Å². The van der Waals surface area contributed by atoms with Crippen molar-refractivity contribution < 1.29 is 9.59 Å². The Morgan fingerprint density at radius 1 is 1.16 bits per heavy atom. The normalized spacial score (nSPS) is 16.1. The fraction of sp³-hybridized carbons (Fsp3) is 0.619. The van der Waals surface area contributed by atoms with E-state index in [0.717, 1.165) is 44.0 Å². The van der Waals surface area contributed by atoms with Crippen molar-refractivity contribution in [3.63, 3.8) is 0 Å². The third kappa shape index (κ3) is 5.89. The van der Waals surface area contributed by atoms with E-state index >= 15 is 0 Å². The number of rotatable bonds is 11. The van der Waals surface area contributed by atoms with E-state index in [2.05, 4.69) is 18.6 Å². The van der Waals surface area contributed by atoms with Crippen LogP contribution < -0.4 is 0 Å².